The number of amides is 1. The van der Waals surface area contributed by atoms with Gasteiger partial charge < -0.3 is 9.80 Å². The zero-order valence-electron chi connectivity index (χ0n) is 10.6. The van der Waals surface area contributed by atoms with Crippen LogP contribution in [-0.4, -0.2) is 42.0 Å². The molecule has 1 amide bonds. The SMILES string of the molecule is CCC(=O)N1CCCN(c2ccc(Br)cn2)CC1. The lowest BCUT2D eigenvalue weighted by atomic mass is 10.3. The van der Waals surface area contributed by atoms with Crippen LogP contribution in [0, 0.1) is 0 Å². The normalized spacial score (nSPS) is 16.6. The molecule has 1 aromatic heterocycles. The van der Waals surface area contributed by atoms with Crippen molar-refractivity contribution in [3.8, 4) is 0 Å². The van der Waals surface area contributed by atoms with Crippen molar-refractivity contribution in [2.75, 3.05) is 31.1 Å². The fourth-order valence-corrected chi connectivity index (χ4v) is 2.41. The van der Waals surface area contributed by atoms with E-state index in [1.165, 1.54) is 0 Å². The third-order valence-corrected chi connectivity index (χ3v) is 3.66. The second kappa shape index (κ2) is 6.18. The molecule has 0 radical (unpaired) electrons. The summed E-state index contributed by atoms with van der Waals surface area (Å²) in [6.07, 6.45) is 3.41. The quantitative estimate of drug-likeness (QED) is 0.841. The lowest BCUT2D eigenvalue weighted by molar-refractivity contribution is -0.130. The molecule has 0 N–H and O–H groups in total. The Morgan fingerprint density at radius 2 is 2.17 bits per heavy atom. The van der Waals surface area contributed by atoms with E-state index in [1.54, 1.807) is 0 Å². The average molecular weight is 312 g/mol. The number of pyridine rings is 1. The molecule has 0 spiro atoms. The van der Waals surface area contributed by atoms with Crippen molar-refractivity contribution in [2.24, 2.45) is 0 Å². The average Bonchev–Trinajstić information content (AvgIpc) is 2.64. The van der Waals surface area contributed by atoms with E-state index < -0.39 is 0 Å². The van der Waals surface area contributed by atoms with Gasteiger partial charge in [0.05, 0.1) is 0 Å². The highest BCUT2D eigenvalue weighted by Gasteiger charge is 2.18. The molecule has 1 fully saturated rings. The summed E-state index contributed by atoms with van der Waals surface area (Å²) in [7, 11) is 0. The molecule has 0 atom stereocenters. The monoisotopic (exact) mass is 311 g/mol. The van der Waals surface area contributed by atoms with Crippen molar-refractivity contribution >= 4 is 27.7 Å². The van der Waals surface area contributed by atoms with E-state index in [-0.39, 0.29) is 5.91 Å². The molecule has 1 aliphatic rings. The predicted octanol–water partition coefficient (Wildman–Crippen LogP) is 2.29. The largest absolute Gasteiger partial charge is 0.355 e. The third kappa shape index (κ3) is 3.22. The zero-order chi connectivity index (χ0) is 13.0. The van der Waals surface area contributed by atoms with Crippen LogP contribution in [0.25, 0.3) is 0 Å². The van der Waals surface area contributed by atoms with Crippen LogP contribution < -0.4 is 4.90 Å². The van der Waals surface area contributed by atoms with Crippen LogP contribution in [0.4, 0.5) is 5.82 Å². The number of rotatable bonds is 2. The van der Waals surface area contributed by atoms with Gasteiger partial charge in [-0.3, -0.25) is 4.79 Å². The van der Waals surface area contributed by atoms with Gasteiger partial charge in [0.25, 0.3) is 0 Å². The van der Waals surface area contributed by atoms with Crippen LogP contribution in [0.2, 0.25) is 0 Å². The van der Waals surface area contributed by atoms with Gasteiger partial charge in [0.15, 0.2) is 0 Å². The molecule has 1 saturated heterocycles. The molecular formula is C13H18BrN3O. The summed E-state index contributed by atoms with van der Waals surface area (Å²) in [5, 5.41) is 0. The number of aromatic nitrogens is 1. The molecule has 1 aromatic rings. The molecule has 0 aliphatic carbocycles. The van der Waals surface area contributed by atoms with Gasteiger partial charge in [-0.15, -0.1) is 0 Å². The summed E-state index contributed by atoms with van der Waals surface area (Å²) in [6.45, 7) is 5.40. The molecule has 4 nitrogen and oxygen atoms in total. The van der Waals surface area contributed by atoms with Crippen molar-refractivity contribution in [1.82, 2.24) is 9.88 Å². The van der Waals surface area contributed by atoms with Gasteiger partial charge in [-0.2, -0.15) is 0 Å². The van der Waals surface area contributed by atoms with E-state index >= 15 is 0 Å². The van der Waals surface area contributed by atoms with E-state index in [1.807, 2.05) is 30.2 Å². The molecule has 18 heavy (non-hydrogen) atoms. The number of carbonyl (C=O) groups is 1. The Balaban J connectivity index is 2.00. The summed E-state index contributed by atoms with van der Waals surface area (Å²) < 4.78 is 0.990. The first-order chi connectivity index (χ1) is 8.70. The minimum absolute atomic E-state index is 0.251. The fraction of sp³-hybridized carbons (Fsp3) is 0.538. The number of halogens is 1. The predicted molar refractivity (Wildman–Crippen MR) is 75.6 cm³/mol. The second-order valence-electron chi connectivity index (χ2n) is 4.41. The minimum atomic E-state index is 0.251. The maximum Gasteiger partial charge on any atom is 0.222 e. The van der Waals surface area contributed by atoms with Crippen molar-refractivity contribution in [3.05, 3.63) is 22.8 Å². The number of carbonyl (C=O) groups excluding carboxylic acids is 1. The smallest absolute Gasteiger partial charge is 0.222 e. The molecular weight excluding hydrogens is 294 g/mol. The number of hydrogen-bond donors (Lipinski definition) is 0. The molecule has 5 heteroatoms. The lowest BCUT2D eigenvalue weighted by Gasteiger charge is -2.22. The summed E-state index contributed by atoms with van der Waals surface area (Å²) in [5.41, 5.74) is 0. The molecule has 0 unspecified atom stereocenters. The highest BCUT2D eigenvalue weighted by Crippen LogP contribution is 2.16. The van der Waals surface area contributed by atoms with E-state index in [2.05, 4.69) is 25.8 Å². The summed E-state index contributed by atoms with van der Waals surface area (Å²) in [4.78, 5) is 20.3. The van der Waals surface area contributed by atoms with Gasteiger partial charge >= 0.3 is 0 Å². The molecule has 0 aromatic carbocycles. The molecule has 0 bridgehead atoms. The van der Waals surface area contributed by atoms with Gasteiger partial charge in [0.2, 0.25) is 5.91 Å². The topological polar surface area (TPSA) is 36.4 Å². The van der Waals surface area contributed by atoms with Crippen molar-refractivity contribution in [2.45, 2.75) is 19.8 Å². The molecule has 2 heterocycles. The highest BCUT2D eigenvalue weighted by atomic mass is 79.9. The second-order valence-corrected chi connectivity index (χ2v) is 5.33. The summed E-state index contributed by atoms with van der Waals surface area (Å²) >= 11 is 3.39. The maximum absolute atomic E-state index is 11.7. The first kappa shape index (κ1) is 13.3. The molecule has 0 saturated carbocycles. The Morgan fingerprint density at radius 3 is 2.83 bits per heavy atom. The van der Waals surface area contributed by atoms with Crippen LogP contribution in [0.15, 0.2) is 22.8 Å². The number of anilines is 1. The minimum Gasteiger partial charge on any atom is -0.355 e. The third-order valence-electron chi connectivity index (χ3n) is 3.19. The van der Waals surface area contributed by atoms with E-state index in [9.17, 15) is 4.79 Å². The van der Waals surface area contributed by atoms with Crippen LogP contribution >= 0.6 is 15.9 Å². The van der Waals surface area contributed by atoms with Gasteiger partial charge in [0.1, 0.15) is 5.82 Å². The Morgan fingerprint density at radius 1 is 1.33 bits per heavy atom. The molecule has 1 aliphatic heterocycles. The first-order valence-electron chi connectivity index (χ1n) is 6.35. The van der Waals surface area contributed by atoms with Crippen molar-refractivity contribution < 1.29 is 4.79 Å². The maximum atomic E-state index is 11.7. The van der Waals surface area contributed by atoms with Crippen LogP contribution in [-0.2, 0) is 4.79 Å². The van der Waals surface area contributed by atoms with Crippen molar-refractivity contribution in [1.29, 1.82) is 0 Å². The van der Waals surface area contributed by atoms with Crippen molar-refractivity contribution in [3.63, 3.8) is 0 Å². The van der Waals surface area contributed by atoms with Crippen LogP contribution in [0.3, 0.4) is 0 Å². The standard InChI is InChI=1S/C13H18BrN3O/c1-2-13(18)17-7-3-6-16(8-9-17)12-5-4-11(14)10-15-12/h4-5,10H,2-3,6-9H2,1H3. The number of nitrogens with zero attached hydrogens (tertiary/aromatic N) is 3. The fourth-order valence-electron chi connectivity index (χ4n) is 2.17. The number of hydrogen-bond acceptors (Lipinski definition) is 3. The van der Waals surface area contributed by atoms with Crippen LogP contribution in [0.1, 0.15) is 19.8 Å². The van der Waals surface area contributed by atoms with Gasteiger partial charge in [-0.25, -0.2) is 4.98 Å². The van der Waals surface area contributed by atoms with Gasteiger partial charge in [-0.1, -0.05) is 6.92 Å². The summed E-state index contributed by atoms with van der Waals surface area (Å²) in [6, 6.07) is 4.02. The van der Waals surface area contributed by atoms with E-state index in [0.717, 1.165) is 42.9 Å². The highest BCUT2D eigenvalue weighted by molar-refractivity contribution is 9.10. The Labute approximate surface area is 116 Å². The molecule has 2 rings (SSSR count). The Hall–Kier alpha value is -1.10. The summed E-state index contributed by atoms with van der Waals surface area (Å²) in [5.74, 6) is 1.24. The Kier molecular flexibility index (Phi) is 4.58. The zero-order valence-corrected chi connectivity index (χ0v) is 12.2. The van der Waals surface area contributed by atoms with Gasteiger partial charge in [-0.05, 0) is 34.5 Å². The van der Waals surface area contributed by atoms with Gasteiger partial charge in [0, 0.05) is 43.3 Å². The molecule has 98 valence electrons. The van der Waals surface area contributed by atoms with E-state index in [0.29, 0.717) is 6.42 Å². The van der Waals surface area contributed by atoms with Crippen LogP contribution in [0.5, 0.6) is 0 Å². The van der Waals surface area contributed by atoms with E-state index in [4.69, 9.17) is 0 Å². The lowest BCUT2D eigenvalue weighted by Crippen LogP contribution is -2.34. The Bertz CT molecular complexity index is 407. The first-order valence-corrected chi connectivity index (χ1v) is 7.14.